The van der Waals surface area contributed by atoms with Crippen LogP contribution in [0.15, 0.2) is 6.20 Å². The zero-order valence-electron chi connectivity index (χ0n) is 21.6. The maximum absolute atomic E-state index is 13.3. The van der Waals surface area contributed by atoms with Crippen LogP contribution in [0.5, 0.6) is 0 Å². The van der Waals surface area contributed by atoms with Crippen molar-refractivity contribution in [2.24, 2.45) is 0 Å². The van der Waals surface area contributed by atoms with Crippen molar-refractivity contribution >= 4 is 18.0 Å². The molecule has 2 N–H and O–H groups in total. The number of ether oxygens (including phenoxy) is 1. The van der Waals surface area contributed by atoms with E-state index in [1.807, 2.05) is 20.8 Å². The number of imidazole rings is 1. The van der Waals surface area contributed by atoms with E-state index in [1.54, 1.807) is 9.47 Å². The SMILES string of the molecule is CC(C)(C)OC(=O)N1CCC(c2nc(C(F)(F)F)cn2CCN2CCCC2)CC1.O=C(O)CCC(=O)O. The summed E-state index contributed by atoms with van der Waals surface area (Å²) in [6.45, 7) is 9.60. The smallest absolute Gasteiger partial charge is 0.434 e. The highest BCUT2D eigenvalue weighted by Gasteiger charge is 2.37. The van der Waals surface area contributed by atoms with Crippen LogP contribution in [-0.4, -0.2) is 85.9 Å². The van der Waals surface area contributed by atoms with Crippen LogP contribution in [0.25, 0.3) is 0 Å². The van der Waals surface area contributed by atoms with E-state index in [1.165, 1.54) is 0 Å². The van der Waals surface area contributed by atoms with E-state index < -0.39 is 29.4 Å². The monoisotopic (exact) mass is 534 g/mol. The zero-order chi connectivity index (χ0) is 27.8. The van der Waals surface area contributed by atoms with Gasteiger partial charge in [0.05, 0.1) is 12.8 Å². The summed E-state index contributed by atoms with van der Waals surface area (Å²) in [7, 11) is 0. The van der Waals surface area contributed by atoms with Gasteiger partial charge in [-0.05, 0) is 59.5 Å². The number of halogens is 3. The summed E-state index contributed by atoms with van der Waals surface area (Å²) in [5.74, 6) is -1.76. The van der Waals surface area contributed by atoms with Gasteiger partial charge in [-0.15, -0.1) is 0 Å². The molecule has 0 spiro atoms. The fourth-order valence-corrected chi connectivity index (χ4v) is 4.19. The van der Waals surface area contributed by atoms with Gasteiger partial charge in [-0.1, -0.05) is 0 Å². The molecule has 10 nitrogen and oxygen atoms in total. The molecule has 1 aromatic heterocycles. The van der Waals surface area contributed by atoms with Crippen molar-refractivity contribution < 1.29 is 42.5 Å². The Morgan fingerprint density at radius 2 is 1.51 bits per heavy atom. The van der Waals surface area contributed by atoms with Crippen molar-refractivity contribution in [2.75, 3.05) is 32.7 Å². The maximum atomic E-state index is 13.3. The molecule has 3 heterocycles. The molecule has 0 saturated carbocycles. The van der Waals surface area contributed by atoms with Crippen molar-refractivity contribution in [3.8, 4) is 0 Å². The molecule has 2 fully saturated rings. The minimum absolute atomic E-state index is 0.0941. The lowest BCUT2D eigenvalue weighted by Crippen LogP contribution is -2.41. The fourth-order valence-electron chi connectivity index (χ4n) is 4.19. The number of aromatic nitrogens is 2. The molecule has 0 aliphatic carbocycles. The van der Waals surface area contributed by atoms with Crippen LogP contribution in [0, 0.1) is 0 Å². The van der Waals surface area contributed by atoms with Gasteiger partial charge in [0.1, 0.15) is 11.4 Å². The predicted octanol–water partition coefficient (Wildman–Crippen LogP) is 4.05. The van der Waals surface area contributed by atoms with Gasteiger partial charge in [0, 0.05) is 38.3 Å². The number of likely N-dealkylation sites (tertiary alicyclic amines) is 2. The predicted molar refractivity (Wildman–Crippen MR) is 127 cm³/mol. The number of nitrogens with zero attached hydrogens (tertiary/aromatic N) is 4. The highest BCUT2D eigenvalue weighted by Crippen LogP contribution is 2.33. The molecule has 2 saturated heterocycles. The second kappa shape index (κ2) is 13.1. The Labute approximate surface area is 214 Å². The zero-order valence-corrected chi connectivity index (χ0v) is 21.6. The Hall–Kier alpha value is -2.83. The molecule has 210 valence electrons. The van der Waals surface area contributed by atoms with E-state index in [0.717, 1.165) is 38.7 Å². The Morgan fingerprint density at radius 3 is 1.97 bits per heavy atom. The molecule has 0 unspecified atom stereocenters. The molecule has 1 amide bonds. The van der Waals surface area contributed by atoms with Crippen LogP contribution in [0.3, 0.4) is 0 Å². The summed E-state index contributed by atoms with van der Waals surface area (Å²) < 4.78 is 46.9. The van der Waals surface area contributed by atoms with E-state index in [-0.39, 0.29) is 24.9 Å². The summed E-state index contributed by atoms with van der Waals surface area (Å²) in [6, 6.07) is 0. The third-order valence-corrected chi connectivity index (χ3v) is 6.02. The Bertz CT molecular complexity index is 901. The van der Waals surface area contributed by atoms with Crippen molar-refractivity contribution in [3.05, 3.63) is 17.7 Å². The Balaban J connectivity index is 0.000000521. The maximum Gasteiger partial charge on any atom is 0.434 e. The number of piperidine rings is 1. The van der Waals surface area contributed by atoms with Gasteiger partial charge in [-0.25, -0.2) is 9.78 Å². The second-order valence-corrected chi connectivity index (χ2v) is 10.3. The van der Waals surface area contributed by atoms with Crippen molar-refractivity contribution in [1.29, 1.82) is 0 Å². The molecule has 0 aromatic carbocycles. The number of hydrogen-bond acceptors (Lipinski definition) is 6. The summed E-state index contributed by atoms with van der Waals surface area (Å²) in [5, 5.41) is 15.8. The Morgan fingerprint density at radius 1 is 0.973 bits per heavy atom. The third kappa shape index (κ3) is 10.6. The highest BCUT2D eigenvalue weighted by molar-refractivity contribution is 5.75. The van der Waals surface area contributed by atoms with Crippen molar-refractivity contribution in [1.82, 2.24) is 19.4 Å². The largest absolute Gasteiger partial charge is 0.481 e. The summed E-state index contributed by atoms with van der Waals surface area (Å²) >= 11 is 0. The molecule has 0 bridgehead atoms. The lowest BCUT2D eigenvalue weighted by atomic mass is 9.96. The summed E-state index contributed by atoms with van der Waals surface area (Å²) in [6.07, 6.45) is -0.818. The molecular formula is C24H37F3N4O6. The van der Waals surface area contributed by atoms with Crippen LogP contribution in [0.2, 0.25) is 0 Å². The van der Waals surface area contributed by atoms with Gasteiger partial charge in [0.15, 0.2) is 5.69 Å². The molecule has 3 rings (SSSR count). The van der Waals surface area contributed by atoms with Crippen molar-refractivity contribution in [3.63, 3.8) is 0 Å². The van der Waals surface area contributed by atoms with E-state index in [0.29, 0.717) is 38.3 Å². The first-order valence-electron chi connectivity index (χ1n) is 12.4. The number of carboxylic acids is 2. The molecule has 1 aromatic rings. The van der Waals surface area contributed by atoms with Gasteiger partial charge >= 0.3 is 24.2 Å². The van der Waals surface area contributed by atoms with E-state index in [4.69, 9.17) is 14.9 Å². The van der Waals surface area contributed by atoms with Gasteiger partial charge in [-0.2, -0.15) is 13.2 Å². The van der Waals surface area contributed by atoms with Crippen LogP contribution < -0.4 is 0 Å². The molecule has 0 radical (unpaired) electrons. The number of carbonyl (C=O) groups is 3. The standard InChI is InChI=1S/C20H31F3N4O2.C4H6O4/c1-19(2,3)29-18(28)26-10-6-15(7-11-26)17-24-16(20(21,22)23)14-27(17)13-12-25-8-4-5-9-25;5-3(6)1-2-4(7)8/h14-15H,4-13H2,1-3H3;1-2H2,(H,5,6)(H,7,8). The van der Waals surface area contributed by atoms with Gasteiger partial charge in [0.2, 0.25) is 0 Å². The van der Waals surface area contributed by atoms with E-state index >= 15 is 0 Å². The van der Waals surface area contributed by atoms with Gasteiger partial charge in [0.25, 0.3) is 0 Å². The fraction of sp³-hybridized carbons (Fsp3) is 0.750. The number of hydrogen-bond donors (Lipinski definition) is 2. The molecule has 0 atom stereocenters. The van der Waals surface area contributed by atoms with Crippen LogP contribution >= 0.6 is 0 Å². The quantitative estimate of drug-likeness (QED) is 0.537. The molecule has 2 aliphatic rings. The molecule has 37 heavy (non-hydrogen) atoms. The van der Waals surface area contributed by atoms with Crippen molar-refractivity contribution in [2.45, 2.75) is 83.5 Å². The number of rotatable bonds is 7. The second-order valence-electron chi connectivity index (χ2n) is 10.3. The number of alkyl halides is 3. The topological polar surface area (TPSA) is 125 Å². The average molecular weight is 535 g/mol. The van der Waals surface area contributed by atoms with Crippen LogP contribution in [0.4, 0.5) is 18.0 Å². The third-order valence-electron chi connectivity index (χ3n) is 6.02. The Kier molecular flexibility index (Phi) is 10.8. The molecular weight excluding hydrogens is 497 g/mol. The number of carboxylic acid groups (broad SMARTS) is 2. The number of aliphatic carboxylic acids is 2. The summed E-state index contributed by atoms with van der Waals surface area (Å²) in [5.41, 5.74) is -1.40. The van der Waals surface area contributed by atoms with Crippen LogP contribution in [-0.2, 0) is 27.0 Å². The van der Waals surface area contributed by atoms with E-state index in [9.17, 15) is 27.6 Å². The lowest BCUT2D eigenvalue weighted by Gasteiger charge is -2.33. The summed E-state index contributed by atoms with van der Waals surface area (Å²) in [4.78, 5) is 39.4. The molecule has 2 aliphatic heterocycles. The minimum Gasteiger partial charge on any atom is -0.481 e. The van der Waals surface area contributed by atoms with E-state index in [2.05, 4.69) is 9.88 Å². The first-order chi connectivity index (χ1) is 17.2. The normalized spacial score (nSPS) is 17.3. The van der Waals surface area contributed by atoms with Crippen LogP contribution in [0.1, 0.15) is 76.7 Å². The lowest BCUT2D eigenvalue weighted by molar-refractivity contribution is -0.143. The first kappa shape index (κ1) is 30.4. The van der Waals surface area contributed by atoms with Gasteiger partial charge < -0.3 is 29.3 Å². The number of amides is 1. The average Bonchev–Trinajstić information content (AvgIpc) is 3.45. The first-order valence-corrected chi connectivity index (χ1v) is 12.4. The molecule has 13 heteroatoms. The number of carbonyl (C=O) groups excluding carboxylic acids is 1. The minimum atomic E-state index is -4.45. The highest BCUT2D eigenvalue weighted by atomic mass is 19.4. The van der Waals surface area contributed by atoms with Gasteiger partial charge in [-0.3, -0.25) is 9.59 Å².